The van der Waals surface area contributed by atoms with Crippen LogP contribution in [0.5, 0.6) is 17.2 Å². The smallest absolute Gasteiger partial charge is 0.306 e. The molecular weight excluding hydrogens is 390 g/mol. The predicted molar refractivity (Wildman–Crippen MR) is 112 cm³/mol. The van der Waals surface area contributed by atoms with Crippen molar-refractivity contribution in [1.29, 1.82) is 0 Å². The van der Waals surface area contributed by atoms with Crippen LogP contribution in [0.3, 0.4) is 0 Å². The second-order valence-electron chi connectivity index (χ2n) is 7.55. The van der Waals surface area contributed by atoms with Gasteiger partial charge in [0.1, 0.15) is 5.75 Å². The molecule has 2 aliphatic rings. The number of hydrogen-bond acceptors (Lipinski definition) is 6. The van der Waals surface area contributed by atoms with Crippen molar-refractivity contribution in [3.8, 4) is 17.2 Å². The Kier molecular flexibility index (Phi) is 5.25. The summed E-state index contributed by atoms with van der Waals surface area (Å²) in [6.45, 7) is 0. The summed E-state index contributed by atoms with van der Waals surface area (Å²) in [6.07, 6.45) is 5.54. The summed E-state index contributed by atoms with van der Waals surface area (Å²) in [6, 6.07) is 11.3. The Balaban J connectivity index is 1.86. The third kappa shape index (κ3) is 3.96. The fourth-order valence-electron chi connectivity index (χ4n) is 4.37. The first-order valence-electron chi connectivity index (χ1n) is 9.73. The first kappa shape index (κ1) is 19.8. The molecule has 0 N–H and O–H groups in total. The second-order valence-corrected chi connectivity index (χ2v) is 9.12. The van der Waals surface area contributed by atoms with Crippen molar-refractivity contribution < 1.29 is 22.1 Å². The first-order chi connectivity index (χ1) is 13.9. The molecule has 1 aliphatic heterocycles. The Morgan fingerprint density at radius 2 is 1.72 bits per heavy atom. The van der Waals surface area contributed by atoms with E-state index < -0.39 is 10.1 Å². The molecule has 0 spiro atoms. The lowest BCUT2D eigenvalue weighted by Crippen LogP contribution is -2.29. The van der Waals surface area contributed by atoms with Crippen LogP contribution in [0.15, 0.2) is 41.4 Å². The molecule has 0 unspecified atom stereocenters. The average Bonchev–Trinajstić information content (AvgIpc) is 2.71. The molecule has 1 heterocycles. The highest BCUT2D eigenvalue weighted by Crippen LogP contribution is 2.44. The van der Waals surface area contributed by atoms with Crippen molar-refractivity contribution in [2.24, 2.45) is 4.99 Å². The first-order valence-corrected chi connectivity index (χ1v) is 11.5. The highest BCUT2D eigenvalue weighted by Gasteiger charge is 2.34. The standard InChI is InChI=1S/C22H25NO5S/c1-26-20-12-17-16-9-4-5-10-19(16)23-22(18(17)13-21(20)27-2)14-7-6-8-15(11-14)28-29(3,24)25/h6-8,11-13,16,19H,4-5,9-10H2,1-3H3/t16-,19-/m1/s1. The predicted octanol–water partition coefficient (Wildman–Crippen LogP) is 3.92. The number of ether oxygens (including phenoxy) is 2. The molecule has 29 heavy (non-hydrogen) atoms. The minimum Gasteiger partial charge on any atom is -0.493 e. The maximum Gasteiger partial charge on any atom is 0.306 e. The van der Waals surface area contributed by atoms with Crippen molar-refractivity contribution in [1.82, 2.24) is 0 Å². The Bertz CT molecular complexity index is 1060. The van der Waals surface area contributed by atoms with Gasteiger partial charge in [0, 0.05) is 17.0 Å². The van der Waals surface area contributed by atoms with Gasteiger partial charge in [-0.15, -0.1) is 0 Å². The molecule has 0 saturated heterocycles. The monoisotopic (exact) mass is 415 g/mol. The van der Waals surface area contributed by atoms with Crippen LogP contribution in [0.1, 0.15) is 48.3 Å². The SMILES string of the molecule is COc1cc2c(cc1OC)[C@H]1CCCC[C@H]1N=C2c1cccc(OS(C)(=O)=O)c1. The van der Waals surface area contributed by atoms with E-state index in [1.807, 2.05) is 12.1 Å². The number of methoxy groups -OCH3 is 2. The molecule has 0 aromatic heterocycles. The van der Waals surface area contributed by atoms with Crippen LogP contribution in [0, 0.1) is 0 Å². The Labute approximate surface area is 171 Å². The van der Waals surface area contributed by atoms with Crippen LogP contribution in [0.25, 0.3) is 0 Å². The van der Waals surface area contributed by atoms with E-state index in [1.54, 1.807) is 32.4 Å². The minimum absolute atomic E-state index is 0.212. The summed E-state index contributed by atoms with van der Waals surface area (Å²) in [5.74, 6) is 2.00. The van der Waals surface area contributed by atoms with Crippen molar-refractivity contribution in [3.05, 3.63) is 53.1 Å². The molecule has 6 nitrogen and oxygen atoms in total. The maximum absolute atomic E-state index is 11.5. The van der Waals surface area contributed by atoms with E-state index in [4.69, 9.17) is 18.6 Å². The second kappa shape index (κ2) is 7.71. The van der Waals surface area contributed by atoms with E-state index in [9.17, 15) is 8.42 Å². The molecule has 2 aromatic rings. The van der Waals surface area contributed by atoms with Gasteiger partial charge in [-0.25, -0.2) is 0 Å². The molecule has 0 bridgehead atoms. The molecule has 2 atom stereocenters. The Hall–Kier alpha value is -2.54. The van der Waals surface area contributed by atoms with Crippen molar-refractivity contribution in [3.63, 3.8) is 0 Å². The van der Waals surface area contributed by atoms with Gasteiger partial charge in [-0.3, -0.25) is 4.99 Å². The van der Waals surface area contributed by atoms with E-state index in [1.165, 1.54) is 12.0 Å². The third-order valence-electron chi connectivity index (χ3n) is 5.59. The van der Waals surface area contributed by atoms with Gasteiger partial charge in [0.15, 0.2) is 11.5 Å². The Morgan fingerprint density at radius 1 is 1.00 bits per heavy atom. The molecule has 1 fully saturated rings. The maximum atomic E-state index is 11.5. The normalized spacial score (nSPS) is 20.9. The molecule has 1 saturated carbocycles. The number of rotatable bonds is 5. The van der Waals surface area contributed by atoms with Gasteiger partial charge < -0.3 is 13.7 Å². The van der Waals surface area contributed by atoms with Crippen LogP contribution in [-0.2, 0) is 10.1 Å². The molecule has 1 aliphatic carbocycles. The zero-order valence-electron chi connectivity index (χ0n) is 16.8. The summed E-state index contributed by atoms with van der Waals surface area (Å²) in [5, 5.41) is 0. The van der Waals surface area contributed by atoms with Crippen LogP contribution in [-0.4, -0.2) is 40.6 Å². The summed E-state index contributed by atoms with van der Waals surface area (Å²) in [5.41, 5.74) is 3.88. The molecule has 0 radical (unpaired) electrons. The van der Waals surface area contributed by atoms with Crippen molar-refractivity contribution in [2.45, 2.75) is 37.6 Å². The highest BCUT2D eigenvalue weighted by molar-refractivity contribution is 7.86. The molecule has 2 aromatic carbocycles. The van der Waals surface area contributed by atoms with Gasteiger partial charge in [0.25, 0.3) is 0 Å². The van der Waals surface area contributed by atoms with E-state index >= 15 is 0 Å². The molecule has 154 valence electrons. The van der Waals surface area contributed by atoms with Crippen LogP contribution < -0.4 is 13.7 Å². The molecular formula is C22H25NO5S. The largest absolute Gasteiger partial charge is 0.493 e. The third-order valence-corrected chi connectivity index (χ3v) is 6.08. The summed E-state index contributed by atoms with van der Waals surface area (Å²) < 4.78 is 39.2. The van der Waals surface area contributed by atoms with Gasteiger partial charge in [-0.2, -0.15) is 8.42 Å². The van der Waals surface area contributed by atoms with E-state index in [0.29, 0.717) is 17.4 Å². The molecule has 4 rings (SSSR count). The topological polar surface area (TPSA) is 74.2 Å². The molecule has 7 heteroatoms. The number of nitrogens with zero attached hydrogens (tertiary/aromatic N) is 1. The highest BCUT2D eigenvalue weighted by atomic mass is 32.2. The number of hydrogen-bond donors (Lipinski definition) is 0. The van der Waals surface area contributed by atoms with E-state index in [0.717, 1.165) is 42.4 Å². The zero-order valence-corrected chi connectivity index (χ0v) is 17.7. The van der Waals surface area contributed by atoms with Crippen molar-refractivity contribution >= 4 is 15.8 Å². The van der Waals surface area contributed by atoms with E-state index in [2.05, 4.69) is 6.07 Å². The summed E-state index contributed by atoms with van der Waals surface area (Å²) >= 11 is 0. The van der Waals surface area contributed by atoms with Gasteiger partial charge in [-0.1, -0.05) is 25.0 Å². The molecule has 0 amide bonds. The van der Waals surface area contributed by atoms with Crippen LogP contribution in [0.4, 0.5) is 0 Å². The average molecular weight is 416 g/mol. The van der Waals surface area contributed by atoms with Gasteiger partial charge in [-0.05, 0) is 42.7 Å². The van der Waals surface area contributed by atoms with Gasteiger partial charge in [0.05, 0.1) is 32.2 Å². The quantitative estimate of drug-likeness (QED) is 0.692. The van der Waals surface area contributed by atoms with E-state index in [-0.39, 0.29) is 11.8 Å². The lowest BCUT2D eigenvalue weighted by Gasteiger charge is -2.35. The number of fused-ring (bicyclic) bond motifs is 3. The van der Waals surface area contributed by atoms with Gasteiger partial charge >= 0.3 is 10.1 Å². The Morgan fingerprint density at radius 3 is 2.45 bits per heavy atom. The number of benzene rings is 2. The zero-order chi connectivity index (χ0) is 20.6. The van der Waals surface area contributed by atoms with Gasteiger partial charge in [0.2, 0.25) is 0 Å². The fourth-order valence-corrected chi connectivity index (χ4v) is 4.82. The van der Waals surface area contributed by atoms with Crippen LogP contribution in [0.2, 0.25) is 0 Å². The summed E-state index contributed by atoms with van der Waals surface area (Å²) in [7, 11) is -0.336. The minimum atomic E-state index is -3.60. The number of aliphatic imine (C=N–C) groups is 1. The fraction of sp³-hybridized carbons (Fsp3) is 0.409. The lowest BCUT2D eigenvalue weighted by molar-refractivity contribution is 0.349. The summed E-state index contributed by atoms with van der Waals surface area (Å²) in [4.78, 5) is 5.10. The van der Waals surface area contributed by atoms with Crippen LogP contribution >= 0.6 is 0 Å². The lowest BCUT2D eigenvalue weighted by atomic mass is 9.75. The van der Waals surface area contributed by atoms with Crippen molar-refractivity contribution in [2.75, 3.05) is 20.5 Å².